The highest BCUT2D eigenvalue weighted by molar-refractivity contribution is 6.34. The fourth-order valence-corrected chi connectivity index (χ4v) is 1.82. The Labute approximate surface area is 91.3 Å². The van der Waals surface area contributed by atoms with Crippen molar-refractivity contribution < 1.29 is 9.90 Å². The molecule has 15 heavy (non-hydrogen) atoms. The SMILES string of the molecule is Cc1c(C(=O)O)nc(Cl)c2ccccc12. The molecule has 1 aromatic heterocycles. The van der Waals surface area contributed by atoms with E-state index < -0.39 is 5.97 Å². The van der Waals surface area contributed by atoms with Gasteiger partial charge in [0.2, 0.25) is 0 Å². The number of hydrogen-bond donors (Lipinski definition) is 1. The molecule has 0 aliphatic carbocycles. The Bertz CT molecular complexity index is 552. The van der Waals surface area contributed by atoms with E-state index in [0.29, 0.717) is 5.56 Å². The zero-order valence-electron chi connectivity index (χ0n) is 7.99. The molecule has 0 fully saturated rings. The minimum absolute atomic E-state index is 0.0127. The predicted molar refractivity (Wildman–Crippen MR) is 58.4 cm³/mol. The molecule has 0 radical (unpaired) electrons. The van der Waals surface area contributed by atoms with Crippen molar-refractivity contribution in [1.29, 1.82) is 0 Å². The van der Waals surface area contributed by atoms with Gasteiger partial charge in [-0.25, -0.2) is 9.78 Å². The van der Waals surface area contributed by atoms with Gasteiger partial charge in [-0.05, 0) is 17.9 Å². The number of pyridine rings is 1. The van der Waals surface area contributed by atoms with Crippen molar-refractivity contribution in [2.75, 3.05) is 0 Å². The van der Waals surface area contributed by atoms with Gasteiger partial charge in [-0.3, -0.25) is 0 Å². The van der Waals surface area contributed by atoms with E-state index in [9.17, 15) is 4.79 Å². The second-order valence-electron chi connectivity index (χ2n) is 3.23. The van der Waals surface area contributed by atoms with Gasteiger partial charge in [0.05, 0.1) is 0 Å². The summed E-state index contributed by atoms with van der Waals surface area (Å²) >= 11 is 5.90. The number of halogens is 1. The minimum atomic E-state index is -1.06. The first-order valence-corrected chi connectivity index (χ1v) is 4.77. The molecule has 0 aliphatic heterocycles. The first-order chi connectivity index (χ1) is 7.11. The summed E-state index contributed by atoms with van der Waals surface area (Å²) in [5.41, 5.74) is 0.654. The number of aromatic carboxylic acids is 1. The molecule has 0 aliphatic rings. The van der Waals surface area contributed by atoms with Crippen LogP contribution in [0.1, 0.15) is 16.1 Å². The lowest BCUT2D eigenvalue weighted by atomic mass is 10.1. The van der Waals surface area contributed by atoms with Crippen LogP contribution < -0.4 is 0 Å². The molecule has 0 bridgehead atoms. The maximum absolute atomic E-state index is 10.9. The molecule has 0 atom stereocenters. The van der Waals surface area contributed by atoms with Gasteiger partial charge < -0.3 is 5.11 Å². The third-order valence-electron chi connectivity index (χ3n) is 2.32. The smallest absolute Gasteiger partial charge is 0.354 e. The third-order valence-corrected chi connectivity index (χ3v) is 2.61. The average Bonchev–Trinajstić information content (AvgIpc) is 2.23. The van der Waals surface area contributed by atoms with Gasteiger partial charge in [-0.2, -0.15) is 0 Å². The monoisotopic (exact) mass is 221 g/mol. The number of hydrogen-bond acceptors (Lipinski definition) is 2. The number of carboxylic acid groups (broad SMARTS) is 1. The molecular formula is C11H8ClNO2. The molecule has 3 nitrogen and oxygen atoms in total. The van der Waals surface area contributed by atoms with Gasteiger partial charge in [0.1, 0.15) is 5.15 Å². The summed E-state index contributed by atoms with van der Waals surface area (Å²) < 4.78 is 0. The highest BCUT2D eigenvalue weighted by Gasteiger charge is 2.14. The van der Waals surface area contributed by atoms with Gasteiger partial charge in [0.15, 0.2) is 5.69 Å². The summed E-state index contributed by atoms with van der Waals surface area (Å²) in [7, 11) is 0. The Kier molecular flexibility index (Phi) is 2.32. The van der Waals surface area contributed by atoms with Crippen molar-refractivity contribution in [3.8, 4) is 0 Å². The number of rotatable bonds is 1. The molecule has 2 rings (SSSR count). The van der Waals surface area contributed by atoms with Crippen LogP contribution in [-0.2, 0) is 0 Å². The molecule has 1 aromatic carbocycles. The van der Waals surface area contributed by atoms with E-state index in [4.69, 9.17) is 16.7 Å². The lowest BCUT2D eigenvalue weighted by Gasteiger charge is -2.06. The first-order valence-electron chi connectivity index (χ1n) is 4.39. The number of fused-ring (bicyclic) bond motifs is 1. The molecule has 1 heterocycles. The standard InChI is InChI=1S/C11H8ClNO2/c1-6-7-4-2-3-5-8(7)10(12)13-9(6)11(14)15/h2-5H,1H3,(H,14,15). The van der Waals surface area contributed by atoms with Gasteiger partial charge in [0.25, 0.3) is 0 Å². The zero-order valence-corrected chi connectivity index (χ0v) is 8.75. The normalized spacial score (nSPS) is 10.5. The Balaban J connectivity index is 2.90. The number of aryl methyl sites for hydroxylation is 1. The van der Waals surface area contributed by atoms with Crippen LogP contribution >= 0.6 is 11.6 Å². The summed E-state index contributed by atoms with van der Waals surface area (Å²) in [5, 5.41) is 10.8. The Hall–Kier alpha value is -1.61. The Morgan fingerprint density at radius 3 is 2.53 bits per heavy atom. The molecule has 76 valence electrons. The minimum Gasteiger partial charge on any atom is -0.477 e. The van der Waals surface area contributed by atoms with Crippen molar-refractivity contribution in [2.24, 2.45) is 0 Å². The number of carbonyl (C=O) groups is 1. The maximum Gasteiger partial charge on any atom is 0.354 e. The molecule has 0 spiro atoms. The Morgan fingerprint density at radius 1 is 1.33 bits per heavy atom. The summed E-state index contributed by atoms with van der Waals surface area (Å²) in [6, 6.07) is 7.35. The molecule has 4 heteroatoms. The molecule has 2 aromatic rings. The fraction of sp³-hybridized carbons (Fsp3) is 0.0909. The fourth-order valence-electron chi connectivity index (χ4n) is 1.57. The second kappa shape index (κ2) is 3.51. The average molecular weight is 222 g/mol. The van der Waals surface area contributed by atoms with Crippen LogP contribution in [0.15, 0.2) is 24.3 Å². The lowest BCUT2D eigenvalue weighted by molar-refractivity contribution is 0.0690. The van der Waals surface area contributed by atoms with Crippen LogP contribution in [-0.4, -0.2) is 16.1 Å². The van der Waals surface area contributed by atoms with Crippen LogP contribution in [0.2, 0.25) is 5.15 Å². The first kappa shape index (κ1) is 9.93. The molecule has 1 N–H and O–H groups in total. The van der Waals surface area contributed by atoms with Crippen LogP contribution in [0.4, 0.5) is 0 Å². The van der Waals surface area contributed by atoms with E-state index in [0.717, 1.165) is 10.8 Å². The molecule has 0 unspecified atom stereocenters. The summed E-state index contributed by atoms with van der Waals surface area (Å²) in [6.45, 7) is 1.73. The van der Waals surface area contributed by atoms with Gasteiger partial charge in [-0.15, -0.1) is 0 Å². The van der Waals surface area contributed by atoms with E-state index in [1.165, 1.54) is 0 Å². The highest BCUT2D eigenvalue weighted by atomic mass is 35.5. The quantitative estimate of drug-likeness (QED) is 0.754. The molecule has 0 saturated carbocycles. The van der Waals surface area contributed by atoms with Crippen molar-refractivity contribution in [2.45, 2.75) is 6.92 Å². The van der Waals surface area contributed by atoms with Gasteiger partial charge in [-0.1, -0.05) is 35.9 Å². The van der Waals surface area contributed by atoms with E-state index in [1.807, 2.05) is 24.3 Å². The zero-order chi connectivity index (χ0) is 11.0. The van der Waals surface area contributed by atoms with Crippen molar-refractivity contribution in [3.63, 3.8) is 0 Å². The van der Waals surface area contributed by atoms with Crippen LogP contribution in [0.5, 0.6) is 0 Å². The third kappa shape index (κ3) is 1.55. The maximum atomic E-state index is 10.9. The summed E-state index contributed by atoms with van der Waals surface area (Å²) in [4.78, 5) is 14.8. The van der Waals surface area contributed by atoms with Crippen molar-refractivity contribution >= 4 is 28.3 Å². The molecule has 0 amide bonds. The van der Waals surface area contributed by atoms with Crippen molar-refractivity contribution in [1.82, 2.24) is 4.98 Å². The lowest BCUT2D eigenvalue weighted by Crippen LogP contribution is -2.04. The summed E-state index contributed by atoms with van der Waals surface area (Å²) in [6.07, 6.45) is 0. The highest BCUT2D eigenvalue weighted by Crippen LogP contribution is 2.26. The largest absolute Gasteiger partial charge is 0.477 e. The van der Waals surface area contributed by atoms with Crippen LogP contribution in [0.25, 0.3) is 10.8 Å². The summed E-state index contributed by atoms with van der Waals surface area (Å²) in [5.74, 6) is -1.06. The Morgan fingerprint density at radius 2 is 1.93 bits per heavy atom. The number of nitrogens with zero attached hydrogens (tertiary/aromatic N) is 1. The predicted octanol–water partition coefficient (Wildman–Crippen LogP) is 2.89. The van der Waals surface area contributed by atoms with Crippen LogP contribution in [0.3, 0.4) is 0 Å². The topological polar surface area (TPSA) is 50.2 Å². The van der Waals surface area contributed by atoms with Gasteiger partial charge >= 0.3 is 5.97 Å². The number of benzene rings is 1. The molecular weight excluding hydrogens is 214 g/mol. The van der Waals surface area contributed by atoms with E-state index in [2.05, 4.69) is 4.98 Å². The second-order valence-corrected chi connectivity index (χ2v) is 3.58. The van der Waals surface area contributed by atoms with Gasteiger partial charge in [0, 0.05) is 5.39 Å². The van der Waals surface area contributed by atoms with Crippen molar-refractivity contribution in [3.05, 3.63) is 40.7 Å². The van der Waals surface area contributed by atoms with E-state index in [-0.39, 0.29) is 10.8 Å². The molecule has 0 saturated heterocycles. The van der Waals surface area contributed by atoms with Crippen LogP contribution in [0, 0.1) is 6.92 Å². The van der Waals surface area contributed by atoms with E-state index >= 15 is 0 Å². The van der Waals surface area contributed by atoms with E-state index in [1.54, 1.807) is 6.92 Å². The number of carboxylic acids is 1. The number of aromatic nitrogens is 1.